The highest BCUT2D eigenvalue weighted by Crippen LogP contribution is 2.17. The topological polar surface area (TPSA) is 92.3 Å². The lowest BCUT2D eigenvalue weighted by atomic mass is 10.2. The van der Waals surface area contributed by atoms with Gasteiger partial charge in [0.1, 0.15) is 11.6 Å². The molecule has 0 saturated heterocycles. The highest BCUT2D eigenvalue weighted by atomic mass is 16.5. The third kappa shape index (κ3) is 3.66. The summed E-state index contributed by atoms with van der Waals surface area (Å²) in [6.07, 6.45) is 3.19. The quantitative estimate of drug-likeness (QED) is 0.520. The molecule has 1 N–H and O–H groups in total. The lowest BCUT2D eigenvalue weighted by Gasteiger charge is -2.07. The van der Waals surface area contributed by atoms with Crippen molar-refractivity contribution in [1.29, 1.82) is 5.26 Å². The minimum atomic E-state index is -1.00. The second kappa shape index (κ2) is 7.09. The van der Waals surface area contributed by atoms with Crippen molar-refractivity contribution in [3.05, 3.63) is 59.4 Å². The van der Waals surface area contributed by atoms with Crippen molar-refractivity contribution in [3.8, 4) is 11.8 Å². The Bertz CT molecular complexity index is 795. The number of esters is 1. The molecule has 0 atom stereocenters. The van der Waals surface area contributed by atoms with Crippen molar-refractivity contribution in [2.75, 3.05) is 6.61 Å². The number of carbonyl (C=O) groups excluding carboxylic acids is 1. The number of nitrogens with zero attached hydrogens (tertiary/aromatic N) is 2. The summed E-state index contributed by atoms with van der Waals surface area (Å²) in [5.41, 5.74) is 1.40. The SMILES string of the molecule is CCOC(=O)/C(C#N)=C/c1cccn1-c1ccc(C(=O)O)cc1. The van der Waals surface area contributed by atoms with Gasteiger partial charge in [0, 0.05) is 17.6 Å². The highest BCUT2D eigenvalue weighted by molar-refractivity contribution is 5.97. The maximum absolute atomic E-state index is 11.7. The Balaban J connectivity index is 2.37. The minimum Gasteiger partial charge on any atom is -0.478 e. The van der Waals surface area contributed by atoms with Crippen LogP contribution in [0.3, 0.4) is 0 Å². The van der Waals surface area contributed by atoms with Crippen LogP contribution in [0.15, 0.2) is 48.2 Å². The summed E-state index contributed by atoms with van der Waals surface area (Å²) in [5.74, 6) is -1.68. The zero-order valence-corrected chi connectivity index (χ0v) is 12.4. The van der Waals surface area contributed by atoms with E-state index in [0.717, 1.165) is 0 Å². The lowest BCUT2D eigenvalue weighted by molar-refractivity contribution is -0.137. The molecule has 6 heteroatoms. The molecule has 116 valence electrons. The van der Waals surface area contributed by atoms with Gasteiger partial charge in [0.05, 0.1) is 12.2 Å². The van der Waals surface area contributed by atoms with E-state index in [9.17, 15) is 9.59 Å². The van der Waals surface area contributed by atoms with E-state index in [2.05, 4.69) is 0 Å². The minimum absolute atomic E-state index is 0.103. The maximum atomic E-state index is 11.7. The fraction of sp³-hybridized carbons (Fsp3) is 0.118. The van der Waals surface area contributed by atoms with Crippen LogP contribution in [0.1, 0.15) is 23.0 Å². The van der Waals surface area contributed by atoms with Gasteiger partial charge in [0.25, 0.3) is 0 Å². The molecule has 0 aliphatic carbocycles. The van der Waals surface area contributed by atoms with Gasteiger partial charge >= 0.3 is 11.9 Å². The number of hydrogen-bond acceptors (Lipinski definition) is 4. The third-order valence-corrected chi connectivity index (χ3v) is 3.08. The van der Waals surface area contributed by atoms with E-state index in [0.29, 0.717) is 11.4 Å². The predicted molar refractivity (Wildman–Crippen MR) is 83.0 cm³/mol. The Kier molecular flexibility index (Phi) is 4.95. The average molecular weight is 310 g/mol. The van der Waals surface area contributed by atoms with Crippen LogP contribution in [0.2, 0.25) is 0 Å². The fourth-order valence-electron chi connectivity index (χ4n) is 2.01. The van der Waals surface area contributed by atoms with E-state index in [-0.39, 0.29) is 17.7 Å². The third-order valence-electron chi connectivity index (χ3n) is 3.08. The molecule has 0 amide bonds. The Morgan fingerprint density at radius 1 is 1.30 bits per heavy atom. The first kappa shape index (κ1) is 16.0. The first-order chi connectivity index (χ1) is 11.1. The van der Waals surface area contributed by atoms with Gasteiger partial charge < -0.3 is 14.4 Å². The number of ether oxygens (including phenoxy) is 1. The van der Waals surface area contributed by atoms with E-state index in [1.807, 2.05) is 6.07 Å². The normalized spacial score (nSPS) is 10.9. The van der Waals surface area contributed by atoms with Gasteiger partial charge in [0.2, 0.25) is 0 Å². The molecule has 1 aromatic carbocycles. The van der Waals surface area contributed by atoms with Crippen LogP contribution in [0.5, 0.6) is 0 Å². The van der Waals surface area contributed by atoms with Crippen molar-refractivity contribution >= 4 is 18.0 Å². The lowest BCUT2D eigenvalue weighted by Crippen LogP contribution is -2.06. The number of benzene rings is 1. The summed E-state index contributed by atoms with van der Waals surface area (Å²) in [6.45, 7) is 1.86. The van der Waals surface area contributed by atoms with E-state index >= 15 is 0 Å². The molecule has 1 aromatic heterocycles. The Morgan fingerprint density at radius 2 is 2.00 bits per heavy atom. The molecule has 0 aliphatic heterocycles. The van der Waals surface area contributed by atoms with E-state index in [4.69, 9.17) is 15.1 Å². The van der Waals surface area contributed by atoms with Gasteiger partial charge in [-0.2, -0.15) is 5.26 Å². The second-order valence-corrected chi connectivity index (χ2v) is 4.55. The van der Waals surface area contributed by atoms with Crippen LogP contribution < -0.4 is 0 Å². The molecular weight excluding hydrogens is 296 g/mol. The van der Waals surface area contributed by atoms with Crippen molar-refractivity contribution in [3.63, 3.8) is 0 Å². The zero-order chi connectivity index (χ0) is 16.8. The van der Waals surface area contributed by atoms with Gasteiger partial charge in [-0.1, -0.05) is 0 Å². The van der Waals surface area contributed by atoms with Crippen LogP contribution in [-0.2, 0) is 9.53 Å². The standard InChI is InChI=1S/C17H14N2O4/c1-2-23-17(22)13(11-18)10-15-4-3-9-19(15)14-7-5-12(6-8-14)16(20)21/h3-10H,2H2,1H3,(H,20,21)/b13-10+. The summed E-state index contributed by atoms with van der Waals surface area (Å²) >= 11 is 0. The van der Waals surface area contributed by atoms with Gasteiger partial charge in [0.15, 0.2) is 0 Å². The number of rotatable bonds is 5. The van der Waals surface area contributed by atoms with Crippen molar-refractivity contribution in [2.45, 2.75) is 6.92 Å². The monoisotopic (exact) mass is 310 g/mol. The van der Waals surface area contributed by atoms with Crippen molar-refractivity contribution in [2.24, 2.45) is 0 Å². The summed E-state index contributed by atoms with van der Waals surface area (Å²) in [4.78, 5) is 22.6. The first-order valence-electron chi connectivity index (χ1n) is 6.86. The summed E-state index contributed by atoms with van der Waals surface area (Å²) in [7, 11) is 0. The Morgan fingerprint density at radius 3 is 2.57 bits per heavy atom. The maximum Gasteiger partial charge on any atom is 0.348 e. The molecule has 2 rings (SSSR count). The summed E-state index contributed by atoms with van der Waals surface area (Å²) < 4.78 is 6.57. The smallest absolute Gasteiger partial charge is 0.348 e. The predicted octanol–water partition coefficient (Wildman–Crippen LogP) is 2.65. The van der Waals surface area contributed by atoms with Crippen molar-refractivity contribution in [1.82, 2.24) is 4.57 Å². The number of nitriles is 1. The zero-order valence-electron chi connectivity index (χ0n) is 12.4. The molecule has 0 aliphatic rings. The molecule has 0 radical (unpaired) electrons. The molecular formula is C17H14N2O4. The Labute approximate surface area is 132 Å². The molecule has 0 spiro atoms. The molecule has 0 saturated carbocycles. The van der Waals surface area contributed by atoms with Crippen LogP contribution >= 0.6 is 0 Å². The number of carbonyl (C=O) groups is 2. The van der Waals surface area contributed by atoms with Crippen LogP contribution in [0.25, 0.3) is 11.8 Å². The number of aromatic carboxylic acids is 1. The van der Waals surface area contributed by atoms with Gasteiger partial charge in [-0.25, -0.2) is 9.59 Å². The van der Waals surface area contributed by atoms with Gasteiger partial charge in [-0.15, -0.1) is 0 Å². The van der Waals surface area contributed by atoms with Gasteiger partial charge in [-0.3, -0.25) is 0 Å². The second-order valence-electron chi connectivity index (χ2n) is 4.55. The molecule has 1 heterocycles. The molecule has 0 unspecified atom stereocenters. The Hall–Kier alpha value is -3.33. The molecule has 0 bridgehead atoms. The molecule has 6 nitrogen and oxygen atoms in total. The number of hydrogen-bond donors (Lipinski definition) is 1. The molecule has 23 heavy (non-hydrogen) atoms. The van der Waals surface area contributed by atoms with Gasteiger partial charge in [-0.05, 0) is 49.4 Å². The summed E-state index contributed by atoms with van der Waals surface area (Å²) in [5, 5.41) is 18.0. The molecule has 0 fully saturated rings. The fourth-order valence-corrected chi connectivity index (χ4v) is 2.01. The highest BCUT2D eigenvalue weighted by Gasteiger charge is 2.12. The molecule has 2 aromatic rings. The summed E-state index contributed by atoms with van der Waals surface area (Å²) in [6, 6.07) is 11.6. The largest absolute Gasteiger partial charge is 0.478 e. The van der Waals surface area contributed by atoms with Crippen LogP contribution in [0, 0.1) is 11.3 Å². The van der Waals surface area contributed by atoms with E-state index in [1.54, 1.807) is 42.0 Å². The number of aromatic nitrogens is 1. The van der Waals surface area contributed by atoms with Crippen LogP contribution in [0.4, 0.5) is 0 Å². The van der Waals surface area contributed by atoms with E-state index in [1.165, 1.54) is 18.2 Å². The van der Waals surface area contributed by atoms with Crippen molar-refractivity contribution < 1.29 is 19.4 Å². The van der Waals surface area contributed by atoms with E-state index < -0.39 is 11.9 Å². The van der Waals surface area contributed by atoms with Crippen LogP contribution in [-0.4, -0.2) is 28.2 Å². The number of carboxylic acids is 1. The first-order valence-corrected chi connectivity index (χ1v) is 6.86. The number of carboxylic acid groups (broad SMARTS) is 1. The average Bonchev–Trinajstić information content (AvgIpc) is 3.01.